The number of fused-ring (bicyclic) bond motifs is 1. The van der Waals surface area contributed by atoms with E-state index >= 15 is 0 Å². The van der Waals surface area contributed by atoms with Crippen LogP contribution >= 0.6 is 12.4 Å². The van der Waals surface area contributed by atoms with Gasteiger partial charge in [0.1, 0.15) is 17.4 Å². The second kappa shape index (κ2) is 12.2. The number of halogens is 4. The van der Waals surface area contributed by atoms with Crippen molar-refractivity contribution >= 4 is 24.0 Å². The van der Waals surface area contributed by atoms with Gasteiger partial charge in [0.15, 0.2) is 11.5 Å². The van der Waals surface area contributed by atoms with E-state index in [-0.39, 0.29) is 53.8 Å². The van der Waals surface area contributed by atoms with Gasteiger partial charge in [-0.05, 0) is 63.2 Å². The SMILES string of the molecule is CCn1cc(-c2cc(Cn3ccnc3C)cc3c2OC[C@H](Cc2cc(C)cc(N4CC(NC)C4)n2)C3=O)c(C(F)(F)F)n1.Cl. The van der Waals surface area contributed by atoms with Crippen LogP contribution in [0.4, 0.5) is 19.0 Å². The van der Waals surface area contributed by atoms with Crippen molar-refractivity contribution in [1.29, 1.82) is 0 Å². The van der Waals surface area contributed by atoms with Gasteiger partial charge in [0, 0.05) is 74.1 Å². The van der Waals surface area contributed by atoms with Gasteiger partial charge in [0.05, 0.1) is 18.1 Å². The fourth-order valence-electron chi connectivity index (χ4n) is 5.79. The van der Waals surface area contributed by atoms with E-state index in [9.17, 15) is 18.0 Å². The minimum absolute atomic E-state index is 0. The topological polar surface area (TPSA) is 90.1 Å². The van der Waals surface area contributed by atoms with Crippen LogP contribution in [0.5, 0.6) is 5.75 Å². The first kappa shape index (κ1) is 31.5. The summed E-state index contributed by atoms with van der Waals surface area (Å²) in [7, 11) is 1.94. The summed E-state index contributed by atoms with van der Waals surface area (Å²) in [6, 6.07) is 7.83. The minimum atomic E-state index is -4.68. The molecule has 1 atom stereocenters. The predicted molar refractivity (Wildman–Crippen MR) is 163 cm³/mol. The molecule has 1 N–H and O–H groups in total. The molecule has 1 aromatic carbocycles. The van der Waals surface area contributed by atoms with Crippen molar-refractivity contribution < 1.29 is 22.7 Å². The first-order valence-corrected chi connectivity index (χ1v) is 14.4. The number of benzene rings is 1. The summed E-state index contributed by atoms with van der Waals surface area (Å²) in [6.07, 6.45) is 0.506. The molecule has 13 heteroatoms. The highest BCUT2D eigenvalue weighted by atomic mass is 35.5. The number of ether oxygens (including phenoxy) is 1. The van der Waals surface area contributed by atoms with Crippen molar-refractivity contribution in [1.82, 2.24) is 29.6 Å². The summed E-state index contributed by atoms with van der Waals surface area (Å²) in [4.78, 5) is 25.3. The standard InChI is InChI=1S/C31H34F3N7O2.ClH/c1-5-41-16-26(30(38-41)31(32,33)34)24-10-20(13-39-7-6-36-19(39)3)11-25-28(42)21(17-43-29(24)25)12-22-8-18(2)9-27(37-22)40-14-23(15-40)35-4;/h6-11,16,21,23,35H,5,12-15,17H2,1-4H3;1H/t21-;/m0./s1. The number of nitrogens with zero attached hydrogens (tertiary/aromatic N) is 6. The number of anilines is 1. The molecule has 0 saturated carbocycles. The summed E-state index contributed by atoms with van der Waals surface area (Å²) < 4.78 is 51.7. The van der Waals surface area contributed by atoms with E-state index in [2.05, 4.69) is 20.3 Å². The average molecular weight is 630 g/mol. The smallest absolute Gasteiger partial charge is 0.435 e. The molecule has 1 saturated heterocycles. The fraction of sp³-hybridized carbons (Fsp3) is 0.419. The van der Waals surface area contributed by atoms with Crippen LogP contribution in [0.3, 0.4) is 0 Å². The Hall–Kier alpha value is -3.90. The predicted octanol–water partition coefficient (Wildman–Crippen LogP) is 5.11. The molecule has 0 unspecified atom stereocenters. The normalized spacial score (nSPS) is 16.8. The summed E-state index contributed by atoms with van der Waals surface area (Å²) in [5.74, 6) is 1.07. The Balaban J connectivity index is 0.00000384. The lowest BCUT2D eigenvalue weighted by atomic mass is 9.87. The number of Topliss-reactive ketones (excluding diaryl/α,β-unsaturated/α-hetero) is 1. The van der Waals surface area contributed by atoms with Crippen LogP contribution < -0.4 is 15.0 Å². The van der Waals surface area contributed by atoms with Gasteiger partial charge in [-0.1, -0.05) is 0 Å². The first-order chi connectivity index (χ1) is 20.5. The summed E-state index contributed by atoms with van der Waals surface area (Å²) in [5.41, 5.74) is 1.85. The van der Waals surface area contributed by atoms with Gasteiger partial charge >= 0.3 is 6.18 Å². The van der Waals surface area contributed by atoms with Crippen molar-refractivity contribution in [2.75, 3.05) is 31.6 Å². The number of ketones is 1. The number of aromatic nitrogens is 5. The van der Waals surface area contributed by atoms with Gasteiger partial charge in [0.25, 0.3) is 0 Å². The third-order valence-corrected chi connectivity index (χ3v) is 8.21. The zero-order valence-electron chi connectivity index (χ0n) is 25.0. The molecule has 0 bridgehead atoms. The number of pyridine rings is 1. The van der Waals surface area contributed by atoms with Crippen molar-refractivity contribution in [3.63, 3.8) is 0 Å². The minimum Gasteiger partial charge on any atom is -0.491 e. The number of likely N-dealkylation sites (N-methyl/N-ethyl adjacent to an activating group) is 1. The van der Waals surface area contributed by atoms with E-state index in [0.717, 1.165) is 36.0 Å². The maximum atomic E-state index is 14.1. The molecule has 3 aromatic heterocycles. The maximum absolute atomic E-state index is 14.1. The van der Waals surface area contributed by atoms with Gasteiger partial charge in [-0.15, -0.1) is 12.4 Å². The van der Waals surface area contributed by atoms with Crippen molar-refractivity contribution in [2.45, 2.75) is 52.5 Å². The Morgan fingerprint density at radius 2 is 1.84 bits per heavy atom. The zero-order chi connectivity index (χ0) is 30.5. The van der Waals surface area contributed by atoms with Crippen molar-refractivity contribution in [3.05, 3.63) is 76.8 Å². The van der Waals surface area contributed by atoms with Crippen molar-refractivity contribution in [2.24, 2.45) is 5.92 Å². The molecule has 6 rings (SSSR count). The van der Waals surface area contributed by atoms with E-state index in [1.165, 1.54) is 10.9 Å². The molecule has 0 amide bonds. The first-order valence-electron chi connectivity index (χ1n) is 14.4. The van der Waals surface area contributed by atoms with Crippen LogP contribution in [-0.2, 0) is 25.7 Å². The molecule has 4 aromatic rings. The highest BCUT2D eigenvalue weighted by Gasteiger charge is 2.40. The molecule has 9 nitrogen and oxygen atoms in total. The van der Waals surface area contributed by atoms with Crippen LogP contribution in [0.1, 0.15) is 45.6 Å². The number of nitrogens with one attached hydrogen (secondary N) is 1. The third kappa shape index (κ3) is 6.05. The Labute approximate surface area is 259 Å². The Bertz CT molecular complexity index is 1680. The molecule has 0 spiro atoms. The van der Waals surface area contributed by atoms with Crippen LogP contribution in [0.2, 0.25) is 0 Å². The number of alkyl halides is 3. The number of carbonyl (C=O) groups is 1. The van der Waals surface area contributed by atoms with Gasteiger partial charge in [-0.25, -0.2) is 9.97 Å². The molecule has 44 heavy (non-hydrogen) atoms. The average Bonchev–Trinajstić information content (AvgIpc) is 3.55. The quantitative estimate of drug-likeness (QED) is 0.290. The molecule has 0 radical (unpaired) electrons. The maximum Gasteiger partial charge on any atom is 0.435 e. The Morgan fingerprint density at radius 1 is 1.09 bits per heavy atom. The summed E-state index contributed by atoms with van der Waals surface area (Å²) in [5, 5.41) is 7.07. The summed E-state index contributed by atoms with van der Waals surface area (Å²) >= 11 is 0. The fourth-order valence-corrected chi connectivity index (χ4v) is 5.79. The Kier molecular flexibility index (Phi) is 8.77. The molecule has 1 fully saturated rings. The lowest BCUT2D eigenvalue weighted by molar-refractivity contribution is -0.141. The number of rotatable bonds is 8. The molecule has 2 aliphatic rings. The number of hydrogen-bond acceptors (Lipinski definition) is 7. The van der Waals surface area contributed by atoms with E-state index in [0.29, 0.717) is 24.6 Å². The van der Waals surface area contributed by atoms with Gasteiger partial charge in [-0.3, -0.25) is 9.48 Å². The monoisotopic (exact) mass is 629 g/mol. The van der Waals surface area contributed by atoms with Gasteiger partial charge in [-0.2, -0.15) is 18.3 Å². The van der Waals surface area contributed by atoms with Crippen LogP contribution in [0.15, 0.2) is 42.9 Å². The second-order valence-corrected chi connectivity index (χ2v) is 11.3. The van der Waals surface area contributed by atoms with Crippen LogP contribution in [-0.4, -0.2) is 62.9 Å². The lowest BCUT2D eigenvalue weighted by Gasteiger charge is -2.40. The molecule has 2 aliphatic heterocycles. The molecule has 0 aliphatic carbocycles. The summed E-state index contributed by atoms with van der Waals surface area (Å²) in [6.45, 7) is 7.94. The second-order valence-electron chi connectivity index (χ2n) is 11.3. The highest BCUT2D eigenvalue weighted by molar-refractivity contribution is 6.04. The van der Waals surface area contributed by atoms with E-state index in [4.69, 9.17) is 9.72 Å². The van der Waals surface area contributed by atoms with E-state index in [1.54, 1.807) is 31.5 Å². The molecular formula is C31H35ClF3N7O2. The van der Waals surface area contributed by atoms with Crippen molar-refractivity contribution in [3.8, 4) is 16.9 Å². The number of aryl methyl sites for hydroxylation is 3. The zero-order valence-corrected chi connectivity index (χ0v) is 25.8. The molecule has 5 heterocycles. The van der Waals surface area contributed by atoms with Crippen LogP contribution in [0.25, 0.3) is 11.1 Å². The highest BCUT2D eigenvalue weighted by Crippen LogP contribution is 2.44. The number of carbonyl (C=O) groups excluding carboxylic acids is 1. The number of hydrogen-bond donors (Lipinski definition) is 1. The lowest BCUT2D eigenvalue weighted by Crippen LogP contribution is -2.57. The molecular weight excluding hydrogens is 595 g/mol. The van der Waals surface area contributed by atoms with E-state index in [1.807, 2.05) is 37.6 Å². The van der Waals surface area contributed by atoms with E-state index < -0.39 is 17.8 Å². The Morgan fingerprint density at radius 3 is 2.50 bits per heavy atom. The third-order valence-electron chi connectivity index (χ3n) is 8.21. The number of imidazole rings is 1. The van der Waals surface area contributed by atoms with Gasteiger partial charge in [0.2, 0.25) is 0 Å². The van der Waals surface area contributed by atoms with Crippen LogP contribution in [0, 0.1) is 19.8 Å². The molecule has 234 valence electrons. The largest absolute Gasteiger partial charge is 0.491 e. The van der Waals surface area contributed by atoms with Gasteiger partial charge < -0.3 is 19.5 Å².